The first-order valence-electron chi connectivity index (χ1n) is 6.79. The third-order valence-corrected chi connectivity index (χ3v) is 4.07. The second-order valence-corrected chi connectivity index (χ2v) is 5.64. The van der Waals surface area contributed by atoms with Crippen LogP contribution in [0, 0.1) is 5.82 Å². The van der Waals surface area contributed by atoms with Gasteiger partial charge >= 0.3 is 0 Å². The van der Waals surface area contributed by atoms with Crippen molar-refractivity contribution in [3.05, 3.63) is 34.6 Å². The van der Waals surface area contributed by atoms with Gasteiger partial charge in [0.15, 0.2) is 5.11 Å². The van der Waals surface area contributed by atoms with E-state index in [1.807, 2.05) is 6.92 Å². The number of benzene rings is 1. The van der Waals surface area contributed by atoms with Crippen LogP contribution in [0.3, 0.4) is 0 Å². The Kier molecular flexibility index (Phi) is 5.57. The van der Waals surface area contributed by atoms with Gasteiger partial charge in [-0.1, -0.05) is 17.7 Å². The highest BCUT2D eigenvalue weighted by Gasteiger charge is 2.18. The minimum absolute atomic E-state index is 0.189. The molecule has 0 aromatic heterocycles. The molecule has 1 aliphatic heterocycles. The quantitative estimate of drug-likeness (QED) is 0.864. The SMILES string of the molecule is CCNC(=S)N1CCN(Cc2ccc(F)c(Cl)c2)CC1. The summed E-state index contributed by atoms with van der Waals surface area (Å²) in [5, 5.41) is 4.19. The molecule has 1 N–H and O–H groups in total. The van der Waals surface area contributed by atoms with Crippen molar-refractivity contribution in [2.24, 2.45) is 0 Å². The van der Waals surface area contributed by atoms with Gasteiger partial charge in [-0.25, -0.2) is 4.39 Å². The zero-order valence-corrected chi connectivity index (χ0v) is 13.1. The highest BCUT2D eigenvalue weighted by atomic mass is 35.5. The summed E-state index contributed by atoms with van der Waals surface area (Å²) in [7, 11) is 0. The Labute approximate surface area is 129 Å². The minimum atomic E-state index is -0.365. The summed E-state index contributed by atoms with van der Waals surface area (Å²) in [5.74, 6) is -0.365. The Balaban J connectivity index is 1.85. The summed E-state index contributed by atoms with van der Waals surface area (Å²) in [5.41, 5.74) is 1.04. The van der Waals surface area contributed by atoms with Crippen LogP contribution in [0.2, 0.25) is 5.02 Å². The van der Waals surface area contributed by atoms with E-state index in [-0.39, 0.29) is 10.8 Å². The van der Waals surface area contributed by atoms with Crippen molar-refractivity contribution in [1.82, 2.24) is 15.1 Å². The largest absolute Gasteiger partial charge is 0.363 e. The van der Waals surface area contributed by atoms with Crippen molar-refractivity contribution in [1.29, 1.82) is 0 Å². The molecule has 0 saturated carbocycles. The lowest BCUT2D eigenvalue weighted by atomic mass is 10.2. The maximum atomic E-state index is 13.1. The summed E-state index contributed by atoms with van der Waals surface area (Å²) < 4.78 is 13.1. The molecule has 1 aliphatic rings. The van der Waals surface area contributed by atoms with E-state index in [1.54, 1.807) is 12.1 Å². The van der Waals surface area contributed by atoms with Crippen LogP contribution < -0.4 is 5.32 Å². The molecule has 0 atom stereocenters. The first-order chi connectivity index (χ1) is 9.60. The Morgan fingerprint density at radius 3 is 2.65 bits per heavy atom. The van der Waals surface area contributed by atoms with E-state index < -0.39 is 0 Å². The fraction of sp³-hybridized carbons (Fsp3) is 0.500. The second-order valence-electron chi connectivity index (χ2n) is 4.85. The number of hydrogen-bond acceptors (Lipinski definition) is 2. The van der Waals surface area contributed by atoms with Gasteiger partial charge in [-0.3, -0.25) is 4.90 Å². The molecule has 110 valence electrons. The van der Waals surface area contributed by atoms with Crippen LogP contribution in [-0.4, -0.2) is 47.6 Å². The van der Waals surface area contributed by atoms with Crippen molar-refractivity contribution < 1.29 is 4.39 Å². The molecule has 1 saturated heterocycles. The van der Waals surface area contributed by atoms with Gasteiger partial charge in [0.05, 0.1) is 5.02 Å². The summed E-state index contributed by atoms with van der Waals surface area (Å²) in [6.45, 7) is 7.42. The lowest BCUT2D eigenvalue weighted by molar-refractivity contribution is 0.174. The van der Waals surface area contributed by atoms with E-state index in [9.17, 15) is 4.39 Å². The third kappa shape index (κ3) is 4.04. The van der Waals surface area contributed by atoms with Gasteiger partial charge in [0.1, 0.15) is 5.82 Å². The van der Waals surface area contributed by atoms with Crippen LogP contribution in [0.1, 0.15) is 12.5 Å². The van der Waals surface area contributed by atoms with Gasteiger partial charge in [0, 0.05) is 39.3 Å². The predicted molar refractivity (Wildman–Crippen MR) is 84.5 cm³/mol. The molecule has 0 radical (unpaired) electrons. The first kappa shape index (κ1) is 15.5. The standard InChI is InChI=1S/C14H19ClFN3S/c1-2-17-14(20)19-7-5-18(6-8-19)10-11-3-4-13(16)12(15)9-11/h3-4,9H,2,5-8,10H2,1H3,(H,17,20). The molecule has 1 heterocycles. The van der Waals surface area contributed by atoms with Crippen LogP contribution in [0.25, 0.3) is 0 Å². The molecule has 6 heteroatoms. The molecule has 2 rings (SSSR count). The maximum Gasteiger partial charge on any atom is 0.169 e. The zero-order valence-electron chi connectivity index (χ0n) is 11.5. The van der Waals surface area contributed by atoms with Gasteiger partial charge in [-0.05, 0) is 36.8 Å². The van der Waals surface area contributed by atoms with Crippen molar-refractivity contribution in [2.75, 3.05) is 32.7 Å². The molecule has 3 nitrogen and oxygen atoms in total. The van der Waals surface area contributed by atoms with Gasteiger partial charge in [-0.15, -0.1) is 0 Å². The molecule has 1 aromatic carbocycles. The molecule has 1 fully saturated rings. The number of hydrogen-bond donors (Lipinski definition) is 1. The number of halogens is 2. The number of thiocarbonyl (C=S) groups is 1. The molecule has 0 spiro atoms. The van der Waals surface area contributed by atoms with Crippen molar-refractivity contribution in [3.63, 3.8) is 0 Å². The van der Waals surface area contributed by atoms with E-state index >= 15 is 0 Å². The van der Waals surface area contributed by atoms with Gasteiger partial charge < -0.3 is 10.2 Å². The molecule has 0 amide bonds. The van der Waals surface area contributed by atoms with E-state index in [4.69, 9.17) is 23.8 Å². The molecule has 1 aromatic rings. The summed E-state index contributed by atoms with van der Waals surface area (Å²) in [6.07, 6.45) is 0. The molecular formula is C14H19ClFN3S. The Bertz CT molecular complexity index is 475. The fourth-order valence-corrected chi connectivity index (χ4v) is 2.80. The zero-order chi connectivity index (χ0) is 14.5. The van der Waals surface area contributed by atoms with Crippen molar-refractivity contribution >= 4 is 28.9 Å². The monoisotopic (exact) mass is 315 g/mol. The number of piperazine rings is 1. The first-order valence-corrected chi connectivity index (χ1v) is 7.58. The topological polar surface area (TPSA) is 18.5 Å². The Morgan fingerprint density at radius 2 is 2.05 bits per heavy atom. The highest BCUT2D eigenvalue weighted by molar-refractivity contribution is 7.80. The second kappa shape index (κ2) is 7.20. The molecule has 0 bridgehead atoms. The van der Waals surface area contributed by atoms with E-state index in [0.717, 1.165) is 49.9 Å². The van der Waals surface area contributed by atoms with E-state index in [1.165, 1.54) is 6.07 Å². The average molecular weight is 316 g/mol. The summed E-state index contributed by atoms with van der Waals surface area (Å²) >= 11 is 11.1. The Morgan fingerprint density at radius 1 is 1.35 bits per heavy atom. The Hall–Kier alpha value is -0.910. The average Bonchev–Trinajstić information content (AvgIpc) is 2.44. The minimum Gasteiger partial charge on any atom is -0.363 e. The van der Waals surface area contributed by atoms with Gasteiger partial charge in [0.2, 0.25) is 0 Å². The van der Waals surface area contributed by atoms with E-state index in [2.05, 4.69) is 15.1 Å². The van der Waals surface area contributed by atoms with Gasteiger partial charge in [0.25, 0.3) is 0 Å². The normalized spacial score (nSPS) is 16.2. The van der Waals surface area contributed by atoms with Crippen molar-refractivity contribution in [2.45, 2.75) is 13.5 Å². The molecule has 20 heavy (non-hydrogen) atoms. The van der Waals surface area contributed by atoms with Crippen LogP contribution in [-0.2, 0) is 6.54 Å². The summed E-state index contributed by atoms with van der Waals surface area (Å²) in [4.78, 5) is 4.52. The highest BCUT2D eigenvalue weighted by Crippen LogP contribution is 2.17. The number of nitrogens with zero attached hydrogens (tertiary/aromatic N) is 2. The van der Waals surface area contributed by atoms with Crippen LogP contribution >= 0.6 is 23.8 Å². The van der Waals surface area contributed by atoms with Gasteiger partial charge in [-0.2, -0.15) is 0 Å². The number of rotatable bonds is 3. The van der Waals surface area contributed by atoms with Crippen LogP contribution in [0.15, 0.2) is 18.2 Å². The van der Waals surface area contributed by atoms with Crippen molar-refractivity contribution in [3.8, 4) is 0 Å². The maximum absolute atomic E-state index is 13.1. The fourth-order valence-electron chi connectivity index (χ4n) is 2.27. The lowest BCUT2D eigenvalue weighted by Gasteiger charge is -2.36. The third-order valence-electron chi connectivity index (χ3n) is 3.38. The van der Waals surface area contributed by atoms with Crippen LogP contribution in [0.5, 0.6) is 0 Å². The molecule has 0 unspecified atom stereocenters. The van der Waals surface area contributed by atoms with Crippen LogP contribution in [0.4, 0.5) is 4.39 Å². The molecule has 0 aliphatic carbocycles. The van der Waals surface area contributed by atoms with E-state index in [0.29, 0.717) is 0 Å². The lowest BCUT2D eigenvalue weighted by Crippen LogP contribution is -2.51. The number of nitrogens with one attached hydrogen (secondary N) is 1. The molecular weight excluding hydrogens is 297 g/mol. The smallest absolute Gasteiger partial charge is 0.169 e. The summed E-state index contributed by atoms with van der Waals surface area (Å²) in [6, 6.07) is 4.91. The predicted octanol–water partition coefficient (Wildman–Crippen LogP) is 2.49.